The molecule has 38 heavy (non-hydrogen) atoms. The van der Waals surface area contributed by atoms with Crippen molar-refractivity contribution in [2.75, 3.05) is 0 Å². The fourth-order valence-corrected chi connectivity index (χ4v) is 3.83. The summed E-state index contributed by atoms with van der Waals surface area (Å²) in [5.74, 6) is -7.13. The SMILES string of the molecule is CCCc1nc(C(F)(F)C(F)(F)F)c(C(=O)O)n1Cc1ccc(-c2ccccc2-c2nn[nH]n2)cc1.O.O. The predicted molar refractivity (Wildman–Crippen MR) is 125 cm³/mol. The van der Waals surface area contributed by atoms with Crippen LogP contribution < -0.4 is 0 Å². The van der Waals surface area contributed by atoms with E-state index >= 15 is 0 Å². The van der Waals surface area contributed by atoms with E-state index in [9.17, 15) is 31.9 Å². The van der Waals surface area contributed by atoms with Crippen molar-refractivity contribution in [3.05, 3.63) is 71.3 Å². The number of carboxylic acids is 1. The van der Waals surface area contributed by atoms with Gasteiger partial charge in [0.25, 0.3) is 0 Å². The maximum Gasteiger partial charge on any atom is 0.459 e. The average molecular weight is 542 g/mol. The Morgan fingerprint density at radius 2 is 1.63 bits per heavy atom. The summed E-state index contributed by atoms with van der Waals surface area (Å²) in [7, 11) is 0. The van der Waals surface area contributed by atoms with E-state index in [0.29, 0.717) is 23.4 Å². The molecule has 0 unspecified atom stereocenters. The number of alkyl halides is 5. The van der Waals surface area contributed by atoms with Gasteiger partial charge >= 0.3 is 18.1 Å². The third-order valence-electron chi connectivity index (χ3n) is 5.50. The number of aromatic amines is 1. The molecule has 0 aliphatic heterocycles. The molecule has 0 saturated heterocycles. The van der Waals surface area contributed by atoms with Crippen LogP contribution in [0.2, 0.25) is 0 Å². The number of benzene rings is 2. The van der Waals surface area contributed by atoms with Crippen LogP contribution in [0, 0.1) is 0 Å². The van der Waals surface area contributed by atoms with Crippen molar-refractivity contribution < 1.29 is 42.8 Å². The number of carbonyl (C=O) groups is 1. The number of tetrazole rings is 1. The van der Waals surface area contributed by atoms with E-state index in [-0.39, 0.29) is 29.7 Å². The number of H-pyrrole nitrogens is 1. The van der Waals surface area contributed by atoms with Crippen LogP contribution in [0.4, 0.5) is 22.0 Å². The van der Waals surface area contributed by atoms with Crippen molar-refractivity contribution in [3.63, 3.8) is 0 Å². The summed E-state index contributed by atoms with van der Waals surface area (Å²) in [6.45, 7) is 1.42. The molecule has 4 rings (SSSR count). The first-order valence-corrected chi connectivity index (χ1v) is 10.7. The van der Waals surface area contributed by atoms with E-state index in [1.54, 1.807) is 43.3 Å². The van der Waals surface area contributed by atoms with E-state index in [4.69, 9.17) is 0 Å². The van der Waals surface area contributed by atoms with E-state index < -0.39 is 29.5 Å². The highest BCUT2D eigenvalue weighted by molar-refractivity contribution is 5.87. The van der Waals surface area contributed by atoms with Crippen LogP contribution in [0.1, 0.15) is 40.9 Å². The van der Waals surface area contributed by atoms with E-state index in [0.717, 1.165) is 15.7 Å². The summed E-state index contributed by atoms with van der Waals surface area (Å²) in [6.07, 6.45) is -5.61. The second-order valence-corrected chi connectivity index (χ2v) is 7.92. The Morgan fingerprint density at radius 1 is 1.00 bits per heavy atom. The van der Waals surface area contributed by atoms with Crippen LogP contribution in [0.25, 0.3) is 22.5 Å². The maximum absolute atomic E-state index is 14.2. The number of nitrogens with zero attached hydrogens (tertiary/aromatic N) is 5. The lowest BCUT2D eigenvalue weighted by atomic mass is 9.98. The van der Waals surface area contributed by atoms with Gasteiger partial charge in [0.2, 0.25) is 5.82 Å². The van der Waals surface area contributed by atoms with Crippen molar-refractivity contribution in [3.8, 4) is 22.5 Å². The number of aromatic carboxylic acids is 1. The predicted octanol–water partition coefficient (Wildman–Crippen LogP) is 3.43. The smallest absolute Gasteiger partial charge is 0.459 e. The molecular formula is C23H23F5N6O4. The Hall–Kier alpha value is -4.24. The molecule has 2 aromatic carbocycles. The topological polar surface area (TPSA) is 173 Å². The van der Waals surface area contributed by atoms with Gasteiger partial charge in [-0.2, -0.15) is 27.2 Å². The van der Waals surface area contributed by atoms with Gasteiger partial charge in [0.05, 0.1) is 0 Å². The van der Waals surface area contributed by atoms with Crippen molar-refractivity contribution >= 4 is 5.97 Å². The van der Waals surface area contributed by atoms with Crippen molar-refractivity contribution in [2.24, 2.45) is 0 Å². The maximum atomic E-state index is 14.2. The van der Waals surface area contributed by atoms with Crippen molar-refractivity contribution in [1.82, 2.24) is 30.2 Å². The third kappa shape index (κ3) is 5.52. The summed E-state index contributed by atoms with van der Waals surface area (Å²) in [5, 5.41) is 23.5. The molecule has 0 aliphatic rings. The molecule has 2 aromatic heterocycles. The highest BCUT2D eigenvalue weighted by Gasteiger charge is 2.62. The van der Waals surface area contributed by atoms with Gasteiger partial charge < -0.3 is 20.6 Å². The third-order valence-corrected chi connectivity index (χ3v) is 5.50. The number of hydrogen-bond donors (Lipinski definition) is 2. The Kier molecular flexibility index (Phi) is 9.02. The van der Waals surface area contributed by atoms with Gasteiger partial charge in [-0.25, -0.2) is 9.78 Å². The second kappa shape index (κ2) is 11.4. The molecule has 6 N–H and O–H groups in total. The molecule has 0 aliphatic carbocycles. The molecule has 15 heteroatoms. The van der Waals surface area contributed by atoms with E-state index in [1.165, 1.54) is 0 Å². The molecule has 0 amide bonds. The molecule has 4 aromatic rings. The molecule has 2 heterocycles. The normalized spacial score (nSPS) is 11.5. The summed E-state index contributed by atoms with van der Waals surface area (Å²) in [5.41, 5.74) is -0.288. The van der Waals surface area contributed by atoms with Crippen LogP contribution in [0.3, 0.4) is 0 Å². The van der Waals surface area contributed by atoms with Crippen LogP contribution in [-0.4, -0.2) is 58.4 Å². The fraction of sp³-hybridized carbons (Fsp3) is 0.261. The van der Waals surface area contributed by atoms with E-state index in [2.05, 4.69) is 25.6 Å². The van der Waals surface area contributed by atoms with Crippen LogP contribution in [0.15, 0.2) is 48.5 Å². The van der Waals surface area contributed by atoms with Crippen LogP contribution in [-0.2, 0) is 18.9 Å². The molecule has 0 fully saturated rings. The zero-order valence-electron chi connectivity index (χ0n) is 19.7. The Labute approximate surface area is 211 Å². The number of hydrogen-bond acceptors (Lipinski definition) is 5. The lowest BCUT2D eigenvalue weighted by Gasteiger charge is -2.18. The Bertz CT molecular complexity index is 1370. The molecule has 0 saturated carbocycles. The number of imidazole rings is 1. The molecule has 204 valence electrons. The number of aryl methyl sites for hydroxylation is 1. The molecule has 0 atom stereocenters. The fourth-order valence-electron chi connectivity index (χ4n) is 3.83. The minimum atomic E-state index is -5.99. The quantitative estimate of drug-likeness (QED) is 0.323. The second-order valence-electron chi connectivity index (χ2n) is 7.92. The Morgan fingerprint density at radius 3 is 2.16 bits per heavy atom. The minimum Gasteiger partial charge on any atom is -0.477 e. The van der Waals surface area contributed by atoms with Crippen LogP contribution in [0.5, 0.6) is 0 Å². The van der Waals surface area contributed by atoms with Crippen molar-refractivity contribution in [2.45, 2.75) is 38.4 Å². The standard InChI is InChI=1S/C23H19F5N6O2.2H2O/c1-2-5-17-29-19(22(24,25)23(26,27)28)18(21(35)36)34(17)12-13-8-10-14(11-9-13)15-6-3-4-7-16(15)20-30-32-33-31-20;;/h3-4,6-11H,2,5,12H2,1H3,(H,35,36)(H,30,31,32,33);2*1H2. The van der Waals surface area contributed by atoms with Gasteiger partial charge in [0.15, 0.2) is 11.4 Å². The summed E-state index contributed by atoms with van der Waals surface area (Å²) < 4.78 is 68.4. The molecule has 0 radical (unpaired) electrons. The average Bonchev–Trinajstić information content (AvgIpc) is 3.48. The van der Waals surface area contributed by atoms with Crippen LogP contribution >= 0.6 is 0 Å². The zero-order chi connectivity index (χ0) is 26.1. The lowest BCUT2D eigenvalue weighted by Crippen LogP contribution is -2.35. The van der Waals surface area contributed by atoms with Crippen molar-refractivity contribution in [1.29, 1.82) is 0 Å². The van der Waals surface area contributed by atoms with Gasteiger partial charge in [0, 0.05) is 18.5 Å². The largest absolute Gasteiger partial charge is 0.477 e. The molecule has 10 nitrogen and oxygen atoms in total. The lowest BCUT2D eigenvalue weighted by molar-refractivity contribution is -0.291. The van der Waals surface area contributed by atoms with Gasteiger partial charge in [-0.1, -0.05) is 55.5 Å². The molecule has 0 bridgehead atoms. The molecular weight excluding hydrogens is 519 g/mol. The first-order valence-electron chi connectivity index (χ1n) is 10.7. The summed E-state index contributed by atoms with van der Waals surface area (Å²) in [4.78, 5) is 15.3. The minimum absolute atomic E-state index is 0. The zero-order valence-corrected chi connectivity index (χ0v) is 19.7. The number of nitrogens with one attached hydrogen (secondary N) is 1. The first kappa shape index (κ1) is 30.0. The number of rotatable bonds is 8. The number of aromatic nitrogens is 6. The number of halogens is 5. The summed E-state index contributed by atoms with van der Waals surface area (Å²) >= 11 is 0. The van der Waals surface area contributed by atoms with E-state index in [1.807, 2.05) is 12.1 Å². The summed E-state index contributed by atoms with van der Waals surface area (Å²) in [6, 6.07) is 14.0. The van der Waals surface area contributed by atoms with Gasteiger partial charge in [-0.05, 0) is 28.3 Å². The van der Waals surface area contributed by atoms with Gasteiger partial charge in [-0.15, -0.1) is 10.2 Å². The monoisotopic (exact) mass is 542 g/mol. The van der Waals surface area contributed by atoms with Gasteiger partial charge in [-0.3, -0.25) is 0 Å². The van der Waals surface area contributed by atoms with Gasteiger partial charge in [0.1, 0.15) is 5.82 Å². The molecule has 0 spiro atoms. The highest BCUT2D eigenvalue weighted by atomic mass is 19.4. The number of carboxylic acid groups (broad SMARTS) is 1. The highest BCUT2D eigenvalue weighted by Crippen LogP contribution is 2.45. The first-order chi connectivity index (χ1) is 17.0. The Balaban J connectivity index is 0.00000253.